The monoisotopic (exact) mass is 203 g/mol. The Morgan fingerprint density at radius 2 is 2.00 bits per heavy atom. The van der Waals surface area contributed by atoms with E-state index < -0.39 is 5.97 Å². The second-order valence-corrected chi connectivity index (χ2v) is 3.89. The number of benzene rings is 1. The van der Waals surface area contributed by atoms with E-state index in [4.69, 9.17) is 0 Å². The topological polar surface area (TPSA) is 40.1 Å². The summed E-state index contributed by atoms with van der Waals surface area (Å²) < 4.78 is 0. The van der Waals surface area contributed by atoms with Crippen LogP contribution in [0.5, 0.6) is 0 Å². The average molecular weight is 203 g/mol. The molecule has 0 aliphatic heterocycles. The molecule has 0 radical (unpaired) electrons. The van der Waals surface area contributed by atoms with Gasteiger partial charge in [-0.1, -0.05) is 43.8 Å². The molecule has 0 aliphatic rings. The van der Waals surface area contributed by atoms with Crippen LogP contribution in [-0.4, -0.2) is 5.97 Å². The third-order valence-electron chi connectivity index (χ3n) is 2.31. The quantitative estimate of drug-likeness (QED) is 0.681. The van der Waals surface area contributed by atoms with Crippen molar-refractivity contribution < 1.29 is 9.90 Å². The first-order valence-corrected chi connectivity index (χ1v) is 5.02. The molecule has 80 valence electrons. The molecule has 1 atom stereocenters. The summed E-state index contributed by atoms with van der Waals surface area (Å²) in [7, 11) is 0. The fourth-order valence-corrected chi connectivity index (χ4v) is 1.59. The number of rotatable bonds is 5. The molecule has 15 heavy (non-hydrogen) atoms. The Morgan fingerprint density at radius 3 is 2.53 bits per heavy atom. The van der Waals surface area contributed by atoms with Crippen molar-refractivity contribution in [3.05, 3.63) is 48.0 Å². The Balaban J connectivity index is 2.46. The van der Waals surface area contributed by atoms with Gasteiger partial charge in [0.15, 0.2) is 0 Å². The third-order valence-corrected chi connectivity index (χ3v) is 2.31. The maximum Gasteiger partial charge on any atom is 0.0669 e. The van der Waals surface area contributed by atoms with Gasteiger partial charge in [0.25, 0.3) is 0 Å². The van der Waals surface area contributed by atoms with Crippen LogP contribution < -0.4 is 5.11 Å². The van der Waals surface area contributed by atoms with Gasteiger partial charge in [-0.25, -0.2) is 0 Å². The van der Waals surface area contributed by atoms with Gasteiger partial charge in [0.2, 0.25) is 0 Å². The largest absolute Gasteiger partial charge is 0.545 e. The van der Waals surface area contributed by atoms with Gasteiger partial charge >= 0.3 is 0 Å². The summed E-state index contributed by atoms with van der Waals surface area (Å²) in [6.07, 6.45) is 1.35. The third kappa shape index (κ3) is 3.98. The highest BCUT2D eigenvalue weighted by molar-refractivity contribution is 5.83. The first kappa shape index (κ1) is 11.5. The predicted octanol–water partition coefficient (Wildman–Crippen LogP) is 1.56. The Morgan fingerprint density at radius 1 is 1.40 bits per heavy atom. The zero-order valence-corrected chi connectivity index (χ0v) is 8.90. The number of carbonyl (C=O) groups excluding carboxylic acids is 1. The van der Waals surface area contributed by atoms with E-state index in [-0.39, 0.29) is 11.5 Å². The van der Waals surface area contributed by atoms with Crippen molar-refractivity contribution >= 4 is 5.97 Å². The zero-order valence-electron chi connectivity index (χ0n) is 8.90. The maximum atomic E-state index is 10.5. The number of aliphatic carboxylic acids is 1. The molecule has 0 heterocycles. The molecule has 2 nitrogen and oxygen atoms in total. The van der Waals surface area contributed by atoms with Gasteiger partial charge in [-0.3, -0.25) is 0 Å². The summed E-state index contributed by atoms with van der Waals surface area (Å²) in [5.41, 5.74) is 1.40. The molecule has 0 saturated carbocycles. The number of carboxylic acids is 1. The van der Waals surface area contributed by atoms with Gasteiger partial charge in [-0.2, -0.15) is 0 Å². The van der Waals surface area contributed by atoms with Gasteiger partial charge < -0.3 is 9.90 Å². The molecule has 1 unspecified atom stereocenters. The van der Waals surface area contributed by atoms with Crippen LogP contribution in [0.2, 0.25) is 0 Å². The second kappa shape index (κ2) is 5.35. The molecule has 0 aromatic heterocycles. The van der Waals surface area contributed by atoms with Gasteiger partial charge in [0.05, 0.1) is 5.97 Å². The first-order valence-electron chi connectivity index (χ1n) is 5.02. The number of hydrogen-bond acceptors (Lipinski definition) is 2. The molecule has 0 amide bonds. The van der Waals surface area contributed by atoms with Gasteiger partial charge in [-0.05, 0) is 29.9 Å². The highest BCUT2D eigenvalue weighted by Gasteiger charge is 2.06. The van der Waals surface area contributed by atoms with Crippen molar-refractivity contribution in [1.29, 1.82) is 0 Å². The smallest absolute Gasteiger partial charge is 0.0669 e. The Bertz CT molecular complexity index is 341. The zero-order chi connectivity index (χ0) is 11.3. The van der Waals surface area contributed by atoms with Gasteiger partial charge in [-0.15, -0.1) is 0 Å². The first-order chi connectivity index (χ1) is 7.09. The van der Waals surface area contributed by atoms with Crippen LogP contribution >= 0.6 is 0 Å². The lowest BCUT2D eigenvalue weighted by molar-refractivity contribution is -0.299. The highest BCUT2D eigenvalue weighted by Crippen LogP contribution is 2.15. The van der Waals surface area contributed by atoms with Crippen LogP contribution in [0, 0.1) is 5.92 Å². The highest BCUT2D eigenvalue weighted by atomic mass is 16.4. The Hall–Kier alpha value is -1.57. The minimum absolute atomic E-state index is 0.179. The fraction of sp³-hybridized carbons (Fsp3) is 0.308. The lowest BCUT2D eigenvalue weighted by Crippen LogP contribution is -2.25. The second-order valence-electron chi connectivity index (χ2n) is 3.89. The summed E-state index contributed by atoms with van der Waals surface area (Å²) >= 11 is 0. The van der Waals surface area contributed by atoms with Crippen LogP contribution in [0.25, 0.3) is 0 Å². The lowest BCUT2D eigenvalue weighted by Gasteiger charge is -2.13. The van der Waals surface area contributed by atoms with Crippen molar-refractivity contribution in [3.63, 3.8) is 0 Å². The van der Waals surface area contributed by atoms with E-state index in [1.807, 2.05) is 37.3 Å². The molecule has 1 aromatic rings. The molecule has 0 aliphatic carbocycles. The number of carboxylic acid groups (broad SMARTS) is 1. The van der Waals surface area contributed by atoms with Crippen molar-refractivity contribution in [2.45, 2.75) is 19.8 Å². The molecular formula is C13H15O2-. The van der Waals surface area contributed by atoms with E-state index in [1.165, 1.54) is 5.56 Å². The average Bonchev–Trinajstić information content (AvgIpc) is 2.18. The molecule has 0 N–H and O–H groups in total. The van der Waals surface area contributed by atoms with Crippen molar-refractivity contribution in [3.8, 4) is 0 Å². The minimum Gasteiger partial charge on any atom is -0.545 e. The minimum atomic E-state index is -1.14. The number of carbonyl (C=O) groups is 1. The molecule has 0 spiro atoms. The lowest BCUT2D eigenvalue weighted by atomic mass is 9.95. The van der Waals surface area contributed by atoms with Crippen molar-refractivity contribution in [2.75, 3.05) is 0 Å². The molecule has 0 fully saturated rings. The summed E-state index contributed by atoms with van der Waals surface area (Å²) in [4.78, 5) is 10.5. The van der Waals surface area contributed by atoms with E-state index in [2.05, 4.69) is 6.58 Å². The van der Waals surface area contributed by atoms with Crippen LogP contribution in [0.4, 0.5) is 0 Å². The van der Waals surface area contributed by atoms with Crippen LogP contribution in [0.3, 0.4) is 0 Å². The van der Waals surface area contributed by atoms with Crippen LogP contribution in [0.1, 0.15) is 18.9 Å². The Labute approximate surface area is 90.3 Å². The van der Waals surface area contributed by atoms with Gasteiger partial charge in [0.1, 0.15) is 0 Å². The van der Waals surface area contributed by atoms with Crippen LogP contribution in [0.15, 0.2) is 42.5 Å². The normalized spacial score (nSPS) is 12.1. The Kier molecular flexibility index (Phi) is 4.10. The standard InChI is InChI=1S/C13H16O2/c1-10(8-11(2)13(14)15)9-12-6-4-3-5-7-12/h3-7,10H,2,8-9H2,1H3,(H,14,15)/p-1. The predicted molar refractivity (Wildman–Crippen MR) is 58.1 cm³/mol. The molecule has 2 heteroatoms. The SMILES string of the molecule is C=C(CC(C)Cc1ccccc1)C(=O)[O-]. The van der Waals surface area contributed by atoms with Crippen molar-refractivity contribution in [1.82, 2.24) is 0 Å². The van der Waals surface area contributed by atoms with E-state index in [1.54, 1.807) is 0 Å². The summed E-state index contributed by atoms with van der Waals surface area (Å²) in [6, 6.07) is 10.0. The van der Waals surface area contributed by atoms with Crippen molar-refractivity contribution in [2.24, 2.45) is 5.92 Å². The van der Waals surface area contributed by atoms with E-state index in [0.717, 1.165) is 6.42 Å². The van der Waals surface area contributed by atoms with Gasteiger partial charge in [0, 0.05) is 0 Å². The number of hydrogen-bond donors (Lipinski definition) is 0. The molecule has 1 rings (SSSR count). The van der Waals surface area contributed by atoms with E-state index in [0.29, 0.717) is 6.42 Å². The molecule has 0 bridgehead atoms. The van der Waals surface area contributed by atoms with E-state index >= 15 is 0 Å². The fourth-order valence-electron chi connectivity index (χ4n) is 1.59. The molecule has 0 saturated heterocycles. The molecule has 1 aromatic carbocycles. The summed E-state index contributed by atoms with van der Waals surface area (Å²) in [5.74, 6) is -0.868. The summed E-state index contributed by atoms with van der Waals surface area (Å²) in [6.45, 7) is 5.49. The van der Waals surface area contributed by atoms with Crippen LogP contribution in [-0.2, 0) is 11.2 Å². The summed E-state index contributed by atoms with van der Waals surface area (Å²) in [5, 5.41) is 10.5. The maximum absolute atomic E-state index is 10.5. The van der Waals surface area contributed by atoms with E-state index in [9.17, 15) is 9.90 Å². The molecular weight excluding hydrogens is 188 g/mol.